The van der Waals surface area contributed by atoms with Gasteiger partial charge in [0.05, 0.1) is 36.6 Å². The predicted octanol–water partition coefficient (Wildman–Crippen LogP) is -0.152. The van der Waals surface area contributed by atoms with Crippen molar-refractivity contribution in [3.05, 3.63) is 0 Å². The van der Waals surface area contributed by atoms with Gasteiger partial charge in [-0.2, -0.15) is 0 Å². The lowest BCUT2D eigenvalue weighted by Crippen LogP contribution is -2.76. The Bertz CT molecular complexity index is 736. The summed E-state index contributed by atoms with van der Waals surface area (Å²) < 4.78 is 12.0. The molecular formula is C23H37NO6. The van der Waals surface area contributed by atoms with E-state index in [9.17, 15) is 20.4 Å². The van der Waals surface area contributed by atoms with Crippen molar-refractivity contribution < 1.29 is 29.9 Å². The Kier molecular flexibility index (Phi) is 4.19. The van der Waals surface area contributed by atoms with Gasteiger partial charge in [0.15, 0.2) is 0 Å². The topological polar surface area (TPSA) is 103 Å². The highest BCUT2D eigenvalue weighted by atomic mass is 16.5. The Morgan fingerprint density at radius 1 is 1.13 bits per heavy atom. The van der Waals surface area contributed by atoms with Crippen molar-refractivity contribution in [2.24, 2.45) is 40.4 Å². The lowest BCUT2D eigenvalue weighted by Gasteiger charge is -2.68. The molecule has 0 aromatic carbocycles. The summed E-state index contributed by atoms with van der Waals surface area (Å²) in [5.74, 6) is -0.480. The number of fused-ring (bicyclic) bond motifs is 2. The third kappa shape index (κ3) is 1.88. The molecule has 7 bridgehead atoms. The molecule has 13 atom stereocenters. The molecule has 1 saturated heterocycles. The molecule has 6 aliphatic rings. The molecule has 5 aliphatic carbocycles. The Morgan fingerprint density at radius 3 is 2.53 bits per heavy atom. The van der Waals surface area contributed by atoms with E-state index in [1.54, 1.807) is 14.2 Å². The van der Waals surface area contributed by atoms with Crippen molar-refractivity contribution in [1.29, 1.82) is 0 Å². The number of aliphatic hydroxyl groups is 4. The van der Waals surface area contributed by atoms with Crippen molar-refractivity contribution in [3.63, 3.8) is 0 Å². The van der Waals surface area contributed by atoms with Gasteiger partial charge >= 0.3 is 0 Å². The highest BCUT2D eigenvalue weighted by molar-refractivity contribution is 5.35. The maximum absolute atomic E-state index is 12.4. The lowest BCUT2D eigenvalue weighted by atomic mass is 9.43. The monoisotopic (exact) mass is 423 g/mol. The summed E-state index contributed by atoms with van der Waals surface area (Å²) >= 11 is 0. The molecule has 170 valence electrons. The Morgan fingerprint density at radius 2 is 1.90 bits per heavy atom. The number of ether oxygens (including phenoxy) is 2. The third-order valence-electron chi connectivity index (χ3n) is 11.0. The summed E-state index contributed by atoms with van der Waals surface area (Å²) in [6.45, 7) is 3.81. The molecule has 4 N–H and O–H groups in total. The molecule has 1 spiro atoms. The van der Waals surface area contributed by atoms with Gasteiger partial charge in [0.2, 0.25) is 0 Å². The summed E-state index contributed by atoms with van der Waals surface area (Å²) in [7, 11) is 3.40. The maximum Gasteiger partial charge on any atom is 0.0796 e. The minimum atomic E-state index is -1.09. The van der Waals surface area contributed by atoms with E-state index in [-0.39, 0.29) is 59.9 Å². The molecule has 0 aromatic heterocycles. The van der Waals surface area contributed by atoms with E-state index in [1.165, 1.54) is 0 Å². The van der Waals surface area contributed by atoms with Gasteiger partial charge in [-0.15, -0.1) is 0 Å². The molecule has 0 amide bonds. The van der Waals surface area contributed by atoms with Gasteiger partial charge in [-0.1, -0.05) is 6.92 Å². The maximum atomic E-state index is 12.4. The SMILES string of the molecule is CCN1C[C@]2(CO)CC[C@H](O)[C@]34C1[C@H]([C@H](OC)[C@H]23)[C@@]1(O)C[C@H](OC)[C@H]2C[C@@H]4[C@@H]1[C@H]2O. The Hall–Kier alpha value is -0.280. The fraction of sp³-hybridized carbons (Fsp3) is 1.00. The number of aliphatic hydroxyl groups excluding tert-OH is 3. The van der Waals surface area contributed by atoms with E-state index >= 15 is 0 Å². The molecule has 1 heterocycles. The second-order valence-electron chi connectivity index (χ2n) is 11.3. The number of hydrogen-bond donors (Lipinski definition) is 4. The zero-order valence-electron chi connectivity index (χ0n) is 18.3. The van der Waals surface area contributed by atoms with Crippen LogP contribution in [-0.2, 0) is 9.47 Å². The average molecular weight is 424 g/mol. The largest absolute Gasteiger partial charge is 0.396 e. The molecule has 7 heteroatoms. The third-order valence-corrected chi connectivity index (χ3v) is 11.0. The standard InChI is InChI=1S/C23H37NO6/c1-4-24-9-21(10-25)6-5-14(26)23-12-7-11-13(29-2)8-22(28,15(12)17(11)27)16(20(23)24)18(30-3)19(21)23/h11-20,25-28H,4-10H2,1-3H3/t11-,12-,13+,14+,15-,16+,17+,18+,19-,20?,21+,22-,23+/m1/s1. The summed E-state index contributed by atoms with van der Waals surface area (Å²) in [4.78, 5) is 2.42. The van der Waals surface area contributed by atoms with Gasteiger partial charge in [0, 0.05) is 67.7 Å². The van der Waals surface area contributed by atoms with E-state index in [0.717, 1.165) is 25.9 Å². The highest BCUT2D eigenvalue weighted by Gasteiger charge is 2.86. The van der Waals surface area contributed by atoms with Gasteiger partial charge in [-0.05, 0) is 31.7 Å². The van der Waals surface area contributed by atoms with Crippen LogP contribution in [0.15, 0.2) is 0 Å². The zero-order chi connectivity index (χ0) is 21.2. The summed E-state index contributed by atoms with van der Waals surface area (Å²) in [6, 6.07) is 0.000214. The van der Waals surface area contributed by atoms with Crippen LogP contribution in [0.5, 0.6) is 0 Å². The van der Waals surface area contributed by atoms with Gasteiger partial charge in [-0.25, -0.2) is 0 Å². The van der Waals surface area contributed by atoms with Gasteiger partial charge in [0.1, 0.15) is 0 Å². The van der Waals surface area contributed by atoms with Crippen molar-refractivity contribution in [2.75, 3.05) is 33.9 Å². The number of rotatable bonds is 4. The highest BCUT2D eigenvalue weighted by Crippen LogP contribution is 2.79. The quantitative estimate of drug-likeness (QED) is 0.499. The molecule has 6 fully saturated rings. The minimum Gasteiger partial charge on any atom is -0.396 e. The van der Waals surface area contributed by atoms with Crippen LogP contribution >= 0.6 is 0 Å². The molecule has 30 heavy (non-hydrogen) atoms. The molecule has 6 rings (SSSR count). The second kappa shape index (κ2) is 6.19. The van der Waals surface area contributed by atoms with E-state index in [2.05, 4.69) is 11.8 Å². The number of likely N-dealkylation sites (tertiary alicyclic amines) is 1. The van der Waals surface area contributed by atoms with E-state index in [1.807, 2.05) is 0 Å². The summed E-state index contributed by atoms with van der Waals surface area (Å²) in [5, 5.41) is 46.2. The summed E-state index contributed by atoms with van der Waals surface area (Å²) in [5.41, 5.74) is -1.89. The van der Waals surface area contributed by atoms with Gasteiger partial charge in [-0.3, -0.25) is 4.90 Å². The molecule has 1 unspecified atom stereocenters. The van der Waals surface area contributed by atoms with Crippen LogP contribution in [0.1, 0.15) is 32.6 Å². The number of piperidine rings is 1. The van der Waals surface area contributed by atoms with E-state index < -0.39 is 23.2 Å². The van der Waals surface area contributed by atoms with Crippen LogP contribution in [0, 0.1) is 40.4 Å². The lowest BCUT2D eigenvalue weighted by molar-refractivity contribution is -0.271. The van der Waals surface area contributed by atoms with Crippen LogP contribution in [0.2, 0.25) is 0 Å². The fourth-order valence-corrected chi connectivity index (χ4v) is 10.4. The van der Waals surface area contributed by atoms with Crippen LogP contribution in [0.3, 0.4) is 0 Å². The first-order chi connectivity index (χ1) is 14.4. The van der Waals surface area contributed by atoms with Gasteiger partial charge < -0.3 is 29.9 Å². The molecule has 5 saturated carbocycles. The van der Waals surface area contributed by atoms with Gasteiger partial charge in [0.25, 0.3) is 0 Å². The molecule has 7 nitrogen and oxygen atoms in total. The van der Waals surface area contributed by atoms with Crippen molar-refractivity contribution in [2.45, 2.75) is 68.7 Å². The van der Waals surface area contributed by atoms with Crippen LogP contribution in [0.4, 0.5) is 0 Å². The van der Waals surface area contributed by atoms with Crippen molar-refractivity contribution in [3.8, 4) is 0 Å². The van der Waals surface area contributed by atoms with Crippen LogP contribution in [-0.4, -0.2) is 95.3 Å². The van der Waals surface area contributed by atoms with Crippen molar-refractivity contribution in [1.82, 2.24) is 4.90 Å². The zero-order valence-corrected chi connectivity index (χ0v) is 18.3. The molecule has 1 aliphatic heterocycles. The summed E-state index contributed by atoms with van der Waals surface area (Å²) in [6.07, 6.45) is 1.16. The molecular weight excluding hydrogens is 386 g/mol. The van der Waals surface area contributed by atoms with Crippen molar-refractivity contribution >= 4 is 0 Å². The second-order valence-corrected chi connectivity index (χ2v) is 11.3. The average Bonchev–Trinajstić information content (AvgIpc) is 3.15. The minimum absolute atomic E-state index is 0.000214. The van der Waals surface area contributed by atoms with Crippen LogP contribution in [0.25, 0.3) is 0 Å². The smallest absolute Gasteiger partial charge is 0.0796 e. The Balaban J connectivity index is 1.64. The Labute approximate surface area is 178 Å². The first-order valence-electron chi connectivity index (χ1n) is 11.8. The number of hydrogen-bond acceptors (Lipinski definition) is 7. The molecule has 0 aromatic rings. The van der Waals surface area contributed by atoms with Crippen LogP contribution < -0.4 is 0 Å². The first kappa shape index (κ1) is 20.3. The van der Waals surface area contributed by atoms with E-state index in [4.69, 9.17) is 9.47 Å². The van der Waals surface area contributed by atoms with E-state index in [0.29, 0.717) is 12.8 Å². The predicted molar refractivity (Wildman–Crippen MR) is 107 cm³/mol. The normalized spacial score (nSPS) is 63.3. The number of methoxy groups -OCH3 is 2. The first-order valence-corrected chi connectivity index (χ1v) is 11.8. The molecule has 0 radical (unpaired) electrons. The number of nitrogens with zero attached hydrogens (tertiary/aromatic N) is 1. The fourth-order valence-electron chi connectivity index (χ4n) is 10.4.